The molecule has 6 heterocycles. The Hall–Kier alpha value is -7.19. The van der Waals surface area contributed by atoms with Crippen molar-refractivity contribution in [1.29, 1.82) is 0 Å². The highest BCUT2D eigenvalue weighted by Crippen LogP contribution is 2.68. The fraction of sp³-hybridized carbons (Fsp3) is 0.317. The van der Waals surface area contributed by atoms with Crippen LogP contribution in [0.25, 0.3) is 27.6 Å². The molecule has 0 N–H and O–H groups in total. The summed E-state index contributed by atoms with van der Waals surface area (Å²) >= 11 is 0. The number of fused-ring (bicyclic) bond motifs is 3. The first kappa shape index (κ1) is 45.0. The van der Waals surface area contributed by atoms with Gasteiger partial charge in [0.25, 0.3) is 0 Å². The Balaban J connectivity index is 0.905. The number of nitrogens with zero attached hydrogens (tertiary/aromatic N) is 5. The molecule has 0 atom stereocenters. The smallest absolute Gasteiger partial charge is 0.157 e. The highest BCUT2D eigenvalue weighted by atomic mass is 16.5. The van der Waals surface area contributed by atoms with Crippen molar-refractivity contribution in [3.8, 4) is 40.3 Å². The summed E-state index contributed by atoms with van der Waals surface area (Å²) in [7, 11) is 0. The summed E-state index contributed by atoms with van der Waals surface area (Å²) in [6.45, 7) is 32.5. The molecule has 0 spiro atoms. The minimum absolute atomic E-state index is 0.0184. The van der Waals surface area contributed by atoms with Crippen molar-refractivity contribution >= 4 is 50.2 Å². The van der Waals surface area contributed by atoms with Crippen LogP contribution in [0.1, 0.15) is 130 Å². The number of rotatable bonds is 5. The van der Waals surface area contributed by atoms with E-state index in [2.05, 4.69) is 238 Å². The van der Waals surface area contributed by atoms with Gasteiger partial charge in [0.1, 0.15) is 23.0 Å². The van der Waals surface area contributed by atoms with Gasteiger partial charge in [-0.1, -0.05) is 127 Å². The number of anilines is 5. The minimum atomic E-state index is -0.292. The molecule has 6 aromatic carbocycles. The summed E-state index contributed by atoms with van der Waals surface area (Å²) in [5.41, 5.74) is 14.2. The van der Waals surface area contributed by atoms with Gasteiger partial charge in [0.05, 0.1) is 29.1 Å². The molecule has 0 aliphatic carbocycles. The van der Waals surface area contributed by atoms with Gasteiger partial charge in [-0.3, -0.25) is 9.47 Å². The van der Waals surface area contributed by atoms with Gasteiger partial charge in [0, 0.05) is 70.4 Å². The van der Waals surface area contributed by atoms with Crippen molar-refractivity contribution in [2.75, 3.05) is 21.4 Å². The molecule has 0 unspecified atom stereocenters. The molecule has 8 nitrogen and oxygen atoms in total. The van der Waals surface area contributed by atoms with Gasteiger partial charge in [-0.15, -0.1) is 0 Å². The van der Waals surface area contributed by atoms with E-state index < -0.39 is 0 Å². The molecule has 0 amide bonds. The van der Waals surface area contributed by atoms with Gasteiger partial charge in [0.2, 0.25) is 0 Å². The third-order valence-electron chi connectivity index (χ3n) is 15.2. The molecule has 0 saturated carbocycles. The van der Waals surface area contributed by atoms with Crippen molar-refractivity contribution in [2.24, 2.45) is 0 Å². The maximum atomic E-state index is 7.08. The molecular weight excluding hydrogens is 875 g/mol. The van der Waals surface area contributed by atoms with Gasteiger partial charge in [-0.2, -0.15) is 0 Å². The molecule has 0 radical (unpaired) electrons. The van der Waals surface area contributed by atoms with Gasteiger partial charge in [-0.05, 0) is 110 Å². The first-order valence-electron chi connectivity index (χ1n) is 25.2. The van der Waals surface area contributed by atoms with E-state index in [9.17, 15) is 0 Å². The van der Waals surface area contributed by atoms with Crippen LogP contribution in [-0.4, -0.2) is 16.2 Å². The molecule has 2 aromatic heterocycles. The highest BCUT2D eigenvalue weighted by molar-refractivity contribution is 6.09. The zero-order valence-electron chi connectivity index (χ0n) is 43.8. The zero-order chi connectivity index (χ0) is 49.9. The van der Waals surface area contributed by atoms with Crippen LogP contribution in [-0.2, 0) is 27.1 Å². The Morgan fingerprint density at radius 3 is 1.62 bits per heavy atom. The number of benzene rings is 6. The fourth-order valence-electron chi connectivity index (χ4n) is 10.9. The molecule has 71 heavy (non-hydrogen) atoms. The van der Waals surface area contributed by atoms with Crippen molar-refractivity contribution in [3.63, 3.8) is 0 Å². The molecule has 8 heteroatoms. The maximum absolute atomic E-state index is 7.08. The lowest BCUT2D eigenvalue weighted by molar-refractivity contribution is 0.434. The summed E-state index contributed by atoms with van der Waals surface area (Å²) in [5, 5.41) is 2.33. The highest BCUT2D eigenvalue weighted by Gasteiger charge is 2.48. The number of hydrogen-bond acceptors (Lipinski definition) is 7. The van der Waals surface area contributed by atoms with Crippen LogP contribution in [0.5, 0.6) is 34.5 Å². The summed E-state index contributed by atoms with van der Waals surface area (Å²) < 4.78 is 23.3. The SMILES string of the molecule is CC(C)(C)c1cc(Oc2ccc3c4ccccc4n(-c4cc(C(C)(C)C)ccn4)c3c2)cc(N2C=CN(c3cc4c5c(c3)Oc3cc(C(C)(C)C)cc6c3N5c3c(cc(C(C)(C)C)cc3C6(C)C)O4)C2)c1. The standard InChI is InChI=1S/C63H65N5O3/c1-59(2,3)37-21-22-64-55(31-37)67-49-18-16-15-17-45(49)46-20-19-43(35-50(46)67)69-44-26-38(60(4,5)6)25-41(32-44)65-23-24-66(36-65)42-33-53-58-54(34-42)71-52-30-40(62(10,11)12)28-48-57(52)68(58)56-47(63(48,13)14)27-39(61(7,8)9)29-51(56)70-53/h15-35H,36H2,1-14H3. The van der Waals surface area contributed by atoms with Gasteiger partial charge < -0.3 is 24.0 Å². The van der Waals surface area contributed by atoms with E-state index in [0.717, 1.165) is 85.2 Å². The Morgan fingerprint density at radius 2 is 1.03 bits per heavy atom. The molecule has 8 aromatic rings. The lowest BCUT2D eigenvalue weighted by Gasteiger charge is -2.48. The lowest BCUT2D eigenvalue weighted by atomic mass is 9.69. The van der Waals surface area contributed by atoms with Gasteiger partial charge in [0.15, 0.2) is 23.0 Å². The molecule has 360 valence electrons. The number of hydrogen-bond donors (Lipinski definition) is 0. The normalized spacial score (nSPS) is 15.6. The topological polar surface area (TPSA) is 55.2 Å². The summed E-state index contributed by atoms with van der Waals surface area (Å²) in [6.07, 6.45) is 6.23. The quantitative estimate of drug-likeness (QED) is 0.170. The summed E-state index contributed by atoms with van der Waals surface area (Å²) in [4.78, 5) is 11.9. The van der Waals surface area contributed by atoms with Crippen LogP contribution in [0.15, 0.2) is 128 Å². The van der Waals surface area contributed by atoms with Crippen molar-refractivity contribution < 1.29 is 14.2 Å². The van der Waals surface area contributed by atoms with Crippen LogP contribution in [0.4, 0.5) is 28.4 Å². The van der Waals surface area contributed by atoms with E-state index in [4.69, 9.17) is 19.2 Å². The van der Waals surface area contributed by atoms with Gasteiger partial charge in [-0.25, -0.2) is 4.98 Å². The van der Waals surface area contributed by atoms with Gasteiger partial charge >= 0.3 is 0 Å². The van der Waals surface area contributed by atoms with Crippen molar-refractivity contribution in [3.05, 3.63) is 161 Å². The van der Waals surface area contributed by atoms with Crippen LogP contribution in [0.3, 0.4) is 0 Å². The van der Waals surface area contributed by atoms with Crippen LogP contribution >= 0.6 is 0 Å². The zero-order valence-corrected chi connectivity index (χ0v) is 43.8. The predicted octanol–water partition coefficient (Wildman–Crippen LogP) is 17.2. The summed E-state index contributed by atoms with van der Waals surface area (Å²) in [6, 6.07) is 39.7. The van der Waals surface area contributed by atoms with Crippen molar-refractivity contribution in [1.82, 2.24) is 9.55 Å². The Labute approximate surface area is 419 Å². The number of pyridine rings is 1. The number of para-hydroxylation sites is 1. The molecule has 12 rings (SSSR count). The second-order valence-corrected chi connectivity index (χ2v) is 24.8. The predicted molar refractivity (Wildman–Crippen MR) is 292 cm³/mol. The second-order valence-electron chi connectivity index (χ2n) is 24.8. The Bertz CT molecular complexity index is 3490. The molecule has 4 aliphatic rings. The minimum Gasteiger partial charge on any atom is -0.457 e. The fourth-order valence-corrected chi connectivity index (χ4v) is 10.9. The third kappa shape index (κ3) is 7.18. The lowest BCUT2D eigenvalue weighted by Crippen LogP contribution is -2.35. The van der Waals surface area contributed by atoms with Crippen molar-refractivity contribution in [2.45, 2.75) is 124 Å². The van der Waals surface area contributed by atoms with E-state index in [1.807, 2.05) is 6.20 Å². The van der Waals surface area contributed by atoms with E-state index in [0.29, 0.717) is 6.67 Å². The number of aromatic nitrogens is 2. The van der Waals surface area contributed by atoms with Crippen LogP contribution < -0.4 is 28.9 Å². The Morgan fingerprint density at radius 1 is 0.493 bits per heavy atom. The van der Waals surface area contributed by atoms with E-state index in [1.165, 1.54) is 38.8 Å². The average Bonchev–Trinajstić information content (AvgIpc) is 3.93. The third-order valence-corrected chi connectivity index (χ3v) is 15.2. The molecular formula is C63H65N5O3. The van der Waals surface area contributed by atoms with E-state index in [-0.39, 0.29) is 27.1 Å². The molecule has 0 saturated heterocycles. The molecule has 0 bridgehead atoms. The van der Waals surface area contributed by atoms with Crippen LogP contribution in [0, 0.1) is 0 Å². The maximum Gasteiger partial charge on any atom is 0.157 e. The first-order valence-corrected chi connectivity index (χ1v) is 25.2. The summed E-state index contributed by atoms with van der Waals surface area (Å²) in [5.74, 6) is 5.75. The number of ether oxygens (including phenoxy) is 3. The van der Waals surface area contributed by atoms with Crippen LogP contribution in [0.2, 0.25) is 0 Å². The molecule has 4 aliphatic heterocycles. The Kier molecular flexibility index (Phi) is 9.45. The largest absolute Gasteiger partial charge is 0.457 e. The molecule has 0 fully saturated rings. The monoisotopic (exact) mass is 940 g/mol. The second kappa shape index (κ2) is 14.9. The average molecular weight is 940 g/mol. The van der Waals surface area contributed by atoms with E-state index >= 15 is 0 Å². The first-order chi connectivity index (χ1) is 33.4. The van der Waals surface area contributed by atoms with E-state index in [1.54, 1.807) is 0 Å².